The van der Waals surface area contributed by atoms with Crippen LogP contribution in [0.2, 0.25) is 5.02 Å². The first-order valence-electron chi connectivity index (χ1n) is 31.3. The number of aryl methyl sites for hydroxylation is 7. The smallest absolute Gasteiger partial charge is 0.187 e. The summed E-state index contributed by atoms with van der Waals surface area (Å²) in [7, 11) is 0. The van der Waals surface area contributed by atoms with Crippen molar-refractivity contribution in [3.8, 4) is 46.0 Å². The summed E-state index contributed by atoms with van der Waals surface area (Å²) in [5, 5.41) is 0.477. The third kappa shape index (κ3) is 23.0. The monoisotopic (exact) mass is 1360 g/mol. The zero-order chi connectivity index (χ0) is 70.9. The molecule has 504 valence electrons. The van der Waals surface area contributed by atoms with Crippen LogP contribution in [0.5, 0.6) is 46.0 Å². The van der Waals surface area contributed by atoms with Crippen LogP contribution in [-0.4, -0.2) is 87.9 Å². The molecule has 0 spiro atoms. The van der Waals surface area contributed by atoms with E-state index in [-0.39, 0.29) is 66.0 Å². The van der Waals surface area contributed by atoms with Gasteiger partial charge in [0.15, 0.2) is 28.9 Å². The standard InChI is InChI=1S/C20H18FN3O2.C19H16FN3O2.C19H18N4O2.C18H14ClN3O2/c1-3-15-7-17(26-18-6-14(21)11-22-12-18)9-19(24-15)20(25)8-16-5-4-13(2)10-23-16;1-12-3-4-15(22-9-12)7-19(24)18-8-16(5-13(2)23-18)25-17-6-14(20)10-21-11-17;1-3-14-7-16(25-17-10-20-12-21-11-17)9-18(23-14)19(24)8-15-6-4-5-13(2)22-15;1-12-6-15(24-16-7-13(19)10-20-11-16)9-17(22-12)18(23)8-14-4-2-3-5-21-14/h4-7,9-12H,3,8H2,1-2H3;3-6,8-11H,7H2,1-2H3;4-7,9-12H,3,8H2,1-2H3;2-7,9-11H,8H2,1H3. The lowest BCUT2D eigenvalue weighted by Gasteiger charge is -2.09. The number of aromatic nitrogens is 13. The summed E-state index contributed by atoms with van der Waals surface area (Å²) in [6.45, 7) is 13.3. The fraction of sp³-hybridized carbons (Fsp3) is 0.171. The van der Waals surface area contributed by atoms with Gasteiger partial charge in [-0.2, -0.15) is 0 Å². The maximum atomic E-state index is 13.3. The molecule has 100 heavy (non-hydrogen) atoms. The lowest BCUT2D eigenvalue weighted by molar-refractivity contribution is 0.0978. The van der Waals surface area contributed by atoms with Crippen molar-refractivity contribution < 1.29 is 46.9 Å². The Morgan fingerprint density at radius 1 is 0.350 bits per heavy atom. The number of ketones is 4. The van der Waals surface area contributed by atoms with E-state index in [1.165, 1.54) is 43.1 Å². The predicted octanol–water partition coefficient (Wildman–Crippen LogP) is 15.4. The molecule has 0 amide bonds. The number of Topliss-reactive ketones (excluding diaryl/α,β-unsaturated/α-hetero) is 4. The number of hydrogen-bond acceptors (Lipinski definition) is 21. The minimum atomic E-state index is -0.495. The Morgan fingerprint density at radius 2 is 0.760 bits per heavy atom. The molecule has 0 bridgehead atoms. The number of ether oxygens (including phenoxy) is 4. The van der Waals surface area contributed by atoms with Gasteiger partial charge in [-0.1, -0.05) is 49.7 Å². The van der Waals surface area contributed by atoms with E-state index in [0.29, 0.717) is 104 Å². The minimum Gasteiger partial charge on any atom is -0.456 e. The molecule has 12 aromatic rings. The fourth-order valence-electron chi connectivity index (χ4n) is 9.22. The zero-order valence-electron chi connectivity index (χ0n) is 55.5. The van der Waals surface area contributed by atoms with Crippen molar-refractivity contribution in [2.45, 2.75) is 87.0 Å². The topological polar surface area (TPSA) is 273 Å². The third-order valence-corrected chi connectivity index (χ3v) is 14.1. The van der Waals surface area contributed by atoms with Crippen LogP contribution in [0.4, 0.5) is 8.78 Å². The van der Waals surface area contributed by atoms with Gasteiger partial charge in [0.1, 0.15) is 81.0 Å². The molecule has 0 saturated heterocycles. The number of rotatable bonds is 22. The quantitative estimate of drug-likeness (QED) is 0.0570. The molecule has 0 atom stereocenters. The second-order valence-corrected chi connectivity index (χ2v) is 22.8. The molecule has 24 heteroatoms. The summed E-state index contributed by atoms with van der Waals surface area (Å²) in [5.74, 6) is 1.88. The number of hydrogen-bond donors (Lipinski definition) is 0. The Balaban J connectivity index is 0.000000156. The van der Waals surface area contributed by atoms with E-state index in [1.807, 2.05) is 101 Å². The molecule has 0 aromatic carbocycles. The summed E-state index contributed by atoms with van der Waals surface area (Å²) in [6, 6.07) is 36.0. The van der Waals surface area contributed by atoms with E-state index in [2.05, 4.69) is 64.8 Å². The first-order chi connectivity index (χ1) is 48.3. The van der Waals surface area contributed by atoms with Gasteiger partial charge in [-0.25, -0.2) is 38.7 Å². The van der Waals surface area contributed by atoms with Crippen LogP contribution < -0.4 is 18.9 Å². The maximum absolute atomic E-state index is 13.3. The van der Waals surface area contributed by atoms with Crippen molar-refractivity contribution >= 4 is 34.7 Å². The molecular formula is C76H66ClF2N13O8. The van der Waals surface area contributed by atoms with Gasteiger partial charge in [0.25, 0.3) is 0 Å². The van der Waals surface area contributed by atoms with Gasteiger partial charge in [-0.3, -0.25) is 54.1 Å². The molecule has 0 radical (unpaired) electrons. The van der Waals surface area contributed by atoms with Gasteiger partial charge in [-0.05, 0) is 95.0 Å². The molecular weight excluding hydrogens is 1300 g/mol. The Hall–Kier alpha value is -12.2. The van der Waals surface area contributed by atoms with Gasteiger partial charge in [0.2, 0.25) is 0 Å². The van der Waals surface area contributed by atoms with Crippen molar-refractivity contribution in [2.75, 3.05) is 0 Å². The lowest BCUT2D eigenvalue weighted by Crippen LogP contribution is -2.09. The van der Waals surface area contributed by atoms with Gasteiger partial charge < -0.3 is 18.9 Å². The molecule has 0 aliphatic carbocycles. The van der Waals surface area contributed by atoms with E-state index >= 15 is 0 Å². The summed E-state index contributed by atoms with van der Waals surface area (Å²) >= 11 is 5.90. The summed E-state index contributed by atoms with van der Waals surface area (Å²) in [4.78, 5) is 104. The first kappa shape index (κ1) is 72.0. The highest BCUT2D eigenvalue weighted by Gasteiger charge is 2.18. The normalized spacial score (nSPS) is 10.5. The number of halogens is 3. The van der Waals surface area contributed by atoms with Crippen molar-refractivity contribution in [1.82, 2.24) is 64.8 Å². The highest BCUT2D eigenvalue weighted by atomic mass is 35.5. The molecule has 0 N–H and O–H groups in total. The molecule has 12 aromatic heterocycles. The van der Waals surface area contributed by atoms with Gasteiger partial charge >= 0.3 is 0 Å². The Morgan fingerprint density at radius 3 is 1.18 bits per heavy atom. The van der Waals surface area contributed by atoms with E-state index < -0.39 is 11.6 Å². The van der Waals surface area contributed by atoms with Crippen LogP contribution in [0.25, 0.3) is 0 Å². The Kier molecular flexibility index (Phi) is 25.7. The van der Waals surface area contributed by atoms with Crippen molar-refractivity contribution in [3.05, 3.63) is 304 Å². The van der Waals surface area contributed by atoms with Crippen LogP contribution in [0.15, 0.2) is 202 Å². The van der Waals surface area contributed by atoms with Gasteiger partial charge in [0, 0.05) is 143 Å². The second kappa shape index (κ2) is 35.7. The van der Waals surface area contributed by atoms with Crippen LogP contribution in [-0.2, 0) is 38.5 Å². The summed E-state index contributed by atoms with van der Waals surface area (Å²) in [5.41, 5.74) is 9.84. The molecule has 12 heterocycles. The second-order valence-electron chi connectivity index (χ2n) is 22.4. The summed E-state index contributed by atoms with van der Waals surface area (Å²) in [6.07, 6.45) is 19.8. The Bertz CT molecular complexity index is 4800. The van der Waals surface area contributed by atoms with Crippen LogP contribution in [0.3, 0.4) is 0 Å². The van der Waals surface area contributed by atoms with Gasteiger partial charge in [0.05, 0.1) is 74.1 Å². The molecule has 12 rings (SSSR count). The number of carbonyl (C=O) groups excluding carboxylic acids is 4. The van der Waals surface area contributed by atoms with E-state index in [4.69, 9.17) is 30.5 Å². The average Bonchev–Trinajstić information content (AvgIpc) is 0.863. The molecule has 0 fully saturated rings. The highest BCUT2D eigenvalue weighted by molar-refractivity contribution is 6.30. The molecule has 21 nitrogen and oxygen atoms in total. The molecule has 0 aliphatic rings. The Labute approximate surface area is 580 Å². The first-order valence-corrected chi connectivity index (χ1v) is 31.7. The van der Waals surface area contributed by atoms with Crippen molar-refractivity contribution in [3.63, 3.8) is 0 Å². The van der Waals surface area contributed by atoms with Crippen molar-refractivity contribution in [2.24, 2.45) is 0 Å². The largest absolute Gasteiger partial charge is 0.456 e. The van der Waals surface area contributed by atoms with Crippen LogP contribution >= 0.6 is 11.6 Å². The lowest BCUT2D eigenvalue weighted by atomic mass is 10.1. The minimum absolute atomic E-state index is 0.0949. The van der Waals surface area contributed by atoms with E-state index in [9.17, 15) is 28.0 Å². The third-order valence-electron chi connectivity index (χ3n) is 13.9. The van der Waals surface area contributed by atoms with E-state index in [1.54, 1.807) is 93.5 Å². The SMILES string of the molecule is CCc1cc(Oc2cncc(F)c2)cc(C(=O)Cc2ccc(C)cn2)n1.CCc1cc(Oc2cncnc2)cc(C(=O)Cc2cccc(C)n2)n1.Cc1cc(Oc2cncc(Cl)c2)cc(C(=O)Cc2ccccn2)n1.Cc1ccc(CC(=O)c2cc(Oc3cncc(F)c3)cc(C)n2)nc1. The molecule has 0 aliphatic heterocycles. The number of carbonyl (C=O) groups is 4. The maximum Gasteiger partial charge on any atom is 0.187 e. The van der Waals surface area contributed by atoms with Gasteiger partial charge in [-0.15, -0.1) is 0 Å². The summed E-state index contributed by atoms with van der Waals surface area (Å²) < 4.78 is 49.2. The van der Waals surface area contributed by atoms with Crippen LogP contribution in [0.1, 0.15) is 118 Å². The predicted molar refractivity (Wildman–Crippen MR) is 368 cm³/mol. The van der Waals surface area contributed by atoms with Crippen molar-refractivity contribution in [1.29, 1.82) is 0 Å². The van der Waals surface area contributed by atoms with Crippen LogP contribution in [0, 0.1) is 46.3 Å². The highest BCUT2D eigenvalue weighted by Crippen LogP contribution is 2.28. The average molecular weight is 1360 g/mol. The fourth-order valence-corrected chi connectivity index (χ4v) is 9.38. The number of pyridine rings is 11. The number of nitrogens with zero attached hydrogens (tertiary/aromatic N) is 13. The molecule has 0 unspecified atom stereocenters. The zero-order valence-corrected chi connectivity index (χ0v) is 56.3. The van der Waals surface area contributed by atoms with E-state index in [0.717, 1.165) is 40.6 Å². The molecule has 0 saturated carbocycles.